The van der Waals surface area contributed by atoms with Gasteiger partial charge in [-0.2, -0.15) is 0 Å². The molecule has 1 unspecified atom stereocenters. The van der Waals surface area contributed by atoms with E-state index in [0.717, 1.165) is 16.7 Å². The largest absolute Gasteiger partial charge is 0.496 e. The van der Waals surface area contributed by atoms with E-state index in [0.29, 0.717) is 11.3 Å². The zero-order chi connectivity index (χ0) is 18.6. The van der Waals surface area contributed by atoms with Crippen molar-refractivity contribution in [1.82, 2.24) is 4.90 Å². The molecule has 1 aromatic carbocycles. The van der Waals surface area contributed by atoms with E-state index in [-0.39, 0.29) is 22.1 Å². The van der Waals surface area contributed by atoms with Crippen molar-refractivity contribution in [3.8, 4) is 5.75 Å². The molecule has 2 N–H and O–H groups in total. The summed E-state index contributed by atoms with van der Waals surface area (Å²) in [5.41, 5.74) is 0.655. The van der Waals surface area contributed by atoms with E-state index >= 15 is 0 Å². The number of carbonyl (C=O) groups excluding carboxylic acids is 1. The van der Waals surface area contributed by atoms with Gasteiger partial charge >= 0.3 is 11.9 Å². The van der Waals surface area contributed by atoms with E-state index in [4.69, 9.17) is 22.1 Å². The normalized spacial score (nSPS) is 17.0. The first-order valence-corrected chi connectivity index (χ1v) is 8.42. The molecule has 9 heteroatoms. The molecule has 1 aliphatic heterocycles. The van der Waals surface area contributed by atoms with Crippen molar-refractivity contribution in [2.24, 2.45) is 0 Å². The van der Waals surface area contributed by atoms with Crippen molar-refractivity contribution in [3.05, 3.63) is 34.7 Å². The molecule has 1 fully saturated rings. The zero-order valence-electron chi connectivity index (χ0n) is 13.2. The lowest BCUT2D eigenvalue weighted by Gasteiger charge is -2.22. The van der Waals surface area contributed by atoms with E-state index in [1.807, 2.05) is 0 Å². The number of carbonyl (C=O) groups is 3. The Morgan fingerprint density at radius 1 is 1.36 bits per heavy atom. The molecule has 0 aliphatic carbocycles. The van der Waals surface area contributed by atoms with Gasteiger partial charge in [-0.25, -0.2) is 4.79 Å². The fraction of sp³-hybridized carbons (Fsp3) is 0.250. The third kappa shape index (κ3) is 4.37. The van der Waals surface area contributed by atoms with Gasteiger partial charge in [0.2, 0.25) is 0 Å². The summed E-state index contributed by atoms with van der Waals surface area (Å²) in [5.74, 6) is -2.43. The van der Waals surface area contributed by atoms with E-state index in [1.165, 1.54) is 7.11 Å². The van der Waals surface area contributed by atoms with Crippen LogP contribution in [0.15, 0.2) is 29.2 Å². The van der Waals surface area contributed by atoms with Crippen LogP contribution in [0.25, 0.3) is 6.08 Å². The minimum atomic E-state index is -1.31. The molecule has 1 aromatic rings. The van der Waals surface area contributed by atoms with Crippen LogP contribution in [0.1, 0.15) is 18.4 Å². The summed E-state index contributed by atoms with van der Waals surface area (Å²) in [4.78, 5) is 36.0. The summed E-state index contributed by atoms with van der Waals surface area (Å²) < 4.78 is 5.31. The summed E-state index contributed by atoms with van der Waals surface area (Å²) in [5, 5.41) is 18.1. The molecule has 1 atom stereocenters. The van der Waals surface area contributed by atoms with Gasteiger partial charge in [0.1, 0.15) is 16.1 Å². The Morgan fingerprint density at radius 2 is 2.04 bits per heavy atom. The molecule has 1 heterocycles. The van der Waals surface area contributed by atoms with Crippen LogP contribution in [0, 0.1) is 0 Å². The Morgan fingerprint density at radius 3 is 2.64 bits per heavy atom. The second-order valence-electron chi connectivity index (χ2n) is 5.08. The van der Waals surface area contributed by atoms with Crippen LogP contribution in [0.4, 0.5) is 0 Å². The molecule has 0 bridgehead atoms. The molecular formula is C16H15NO6S2. The Hall–Kier alpha value is -2.39. The third-order valence-electron chi connectivity index (χ3n) is 3.48. The number of nitrogens with zero attached hydrogens (tertiary/aromatic N) is 1. The molecule has 25 heavy (non-hydrogen) atoms. The van der Waals surface area contributed by atoms with Gasteiger partial charge in [0, 0.05) is 12.0 Å². The molecule has 0 radical (unpaired) electrons. The van der Waals surface area contributed by atoms with Crippen LogP contribution >= 0.6 is 24.0 Å². The molecule has 1 aliphatic rings. The lowest BCUT2D eigenvalue weighted by Crippen LogP contribution is -2.44. The summed E-state index contributed by atoms with van der Waals surface area (Å²) in [6.07, 6.45) is 0.979. The van der Waals surface area contributed by atoms with Crippen LogP contribution in [-0.4, -0.2) is 50.4 Å². The third-order valence-corrected chi connectivity index (χ3v) is 4.81. The molecule has 2 rings (SSSR count). The first kappa shape index (κ1) is 18.9. The first-order chi connectivity index (χ1) is 11.8. The standard InChI is InChI=1S/C16H15NO6S2/c1-23-11-5-3-2-4-9(11)8-12-14(20)17(16(24)25-12)10(15(21)22)6-7-13(18)19/h2-5,8,10H,6-7H2,1H3,(H,18,19)(H,21,22)/b12-8-. The van der Waals surface area contributed by atoms with Crippen LogP contribution < -0.4 is 4.74 Å². The number of ether oxygens (including phenoxy) is 1. The Balaban J connectivity index is 2.30. The number of aliphatic carboxylic acids is 2. The molecule has 1 saturated heterocycles. The highest BCUT2D eigenvalue weighted by atomic mass is 32.2. The summed E-state index contributed by atoms with van der Waals surface area (Å²) >= 11 is 6.11. The van der Waals surface area contributed by atoms with E-state index in [2.05, 4.69) is 0 Å². The van der Waals surface area contributed by atoms with Crippen LogP contribution in [0.5, 0.6) is 5.75 Å². The van der Waals surface area contributed by atoms with Crippen molar-refractivity contribution < 1.29 is 29.3 Å². The number of carboxylic acids is 2. The van der Waals surface area contributed by atoms with Crippen molar-refractivity contribution in [3.63, 3.8) is 0 Å². The average Bonchev–Trinajstić information content (AvgIpc) is 2.82. The fourth-order valence-corrected chi connectivity index (χ4v) is 3.65. The topological polar surface area (TPSA) is 104 Å². The molecule has 7 nitrogen and oxygen atoms in total. The number of carboxylic acid groups (broad SMARTS) is 2. The maximum absolute atomic E-state index is 12.6. The number of rotatable bonds is 7. The van der Waals surface area contributed by atoms with E-state index in [9.17, 15) is 19.5 Å². The highest BCUT2D eigenvalue weighted by Crippen LogP contribution is 2.36. The van der Waals surface area contributed by atoms with Crippen molar-refractivity contribution in [2.45, 2.75) is 18.9 Å². The van der Waals surface area contributed by atoms with Gasteiger partial charge in [0.05, 0.1) is 12.0 Å². The number of hydrogen-bond acceptors (Lipinski definition) is 6. The summed E-state index contributed by atoms with van der Waals surface area (Å²) in [6, 6.07) is 5.74. The average molecular weight is 381 g/mol. The Bertz CT molecular complexity index is 761. The minimum absolute atomic E-state index is 0.0870. The second kappa shape index (κ2) is 8.13. The molecule has 0 spiro atoms. The lowest BCUT2D eigenvalue weighted by atomic mass is 10.1. The smallest absolute Gasteiger partial charge is 0.326 e. The second-order valence-corrected chi connectivity index (χ2v) is 6.76. The molecule has 1 amide bonds. The van der Waals surface area contributed by atoms with Crippen LogP contribution in [0.2, 0.25) is 0 Å². The van der Waals surface area contributed by atoms with Gasteiger partial charge in [-0.3, -0.25) is 14.5 Å². The number of hydrogen-bond donors (Lipinski definition) is 2. The SMILES string of the molecule is COc1ccccc1/C=C1\SC(=S)N(C(CCC(=O)O)C(=O)O)C1=O. The zero-order valence-corrected chi connectivity index (χ0v) is 14.8. The predicted octanol–water partition coefficient (Wildman–Crippen LogP) is 2.21. The Kier molecular flexibility index (Phi) is 6.16. The maximum atomic E-state index is 12.6. The monoisotopic (exact) mass is 381 g/mol. The quantitative estimate of drug-likeness (QED) is 0.547. The van der Waals surface area contributed by atoms with Crippen LogP contribution in [-0.2, 0) is 14.4 Å². The lowest BCUT2D eigenvalue weighted by molar-refractivity contribution is -0.146. The number of benzene rings is 1. The van der Waals surface area contributed by atoms with E-state index in [1.54, 1.807) is 30.3 Å². The summed E-state index contributed by atoms with van der Waals surface area (Å²) in [6.45, 7) is 0. The molecular weight excluding hydrogens is 366 g/mol. The number of methoxy groups -OCH3 is 1. The van der Waals surface area contributed by atoms with Crippen molar-refractivity contribution in [1.29, 1.82) is 0 Å². The number of para-hydroxylation sites is 1. The maximum Gasteiger partial charge on any atom is 0.326 e. The number of thiocarbonyl (C=S) groups is 1. The molecule has 132 valence electrons. The Labute approximate surface area is 153 Å². The van der Waals surface area contributed by atoms with Gasteiger partial charge in [-0.1, -0.05) is 42.2 Å². The number of thioether (sulfide) groups is 1. The van der Waals surface area contributed by atoms with Crippen molar-refractivity contribution in [2.75, 3.05) is 7.11 Å². The van der Waals surface area contributed by atoms with Gasteiger partial charge in [0.15, 0.2) is 0 Å². The molecule has 0 aromatic heterocycles. The minimum Gasteiger partial charge on any atom is -0.496 e. The highest BCUT2D eigenvalue weighted by Gasteiger charge is 2.40. The van der Waals surface area contributed by atoms with Gasteiger partial charge in [0.25, 0.3) is 5.91 Å². The van der Waals surface area contributed by atoms with Gasteiger partial charge in [-0.15, -0.1) is 0 Å². The van der Waals surface area contributed by atoms with Gasteiger partial charge in [-0.05, 0) is 18.6 Å². The molecule has 0 saturated carbocycles. The van der Waals surface area contributed by atoms with Crippen LogP contribution in [0.3, 0.4) is 0 Å². The number of amides is 1. The van der Waals surface area contributed by atoms with Crippen molar-refractivity contribution >= 4 is 52.2 Å². The first-order valence-electron chi connectivity index (χ1n) is 7.19. The fourth-order valence-electron chi connectivity index (χ4n) is 2.30. The van der Waals surface area contributed by atoms with E-state index < -0.39 is 23.9 Å². The predicted molar refractivity (Wildman–Crippen MR) is 96.3 cm³/mol. The highest BCUT2D eigenvalue weighted by molar-refractivity contribution is 8.26. The summed E-state index contributed by atoms with van der Waals surface area (Å²) in [7, 11) is 1.50. The van der Waals surface area contributed by atoms with Gasteiger partial charge < -0.3 is 14.9 Å².